The van der Waals surface area contributed by atoms with Crippen molar-refractivity contribution in [2.24, 2.45) is 5.10 Å². The number of hydrogen-bond donors (Lipinski definition) is 1. The highest BCUT2D eigenvalue weighted by Crippen LogP contribution is 2.13. The number of ether oxygens (including phenoxy) is 2. The van der Waals surface area contributed by atoms with Crippen molar-refractivity contribution in [2.45, 2.75) is 52.7 Å². The third kappa shape index (κ3) is 5.90. The van der Waals surface area contributed by atoms with Gasteiger partial charge in [-0.3, -0.25) is 4.90 Å². The Hall–Kier alpha value is -1.79. The molecule has 0 saturated carbocycles. The van der Waals surface area contributed by atoms with Crippen molar-refractivity contribution in [1.29, 1.82) is 0 Å². The zero-order valence-corrected chi connectivity index (χ0v) is 12.9. The maximum Gasteiger partial charge on any atom is 0.428 e. The Kier molecular flexibility index (Phi) is 4.62. The maximum atomic E-state index is 11.6. The molecule has 1 fully saturated rings. The summed E-state index contributed by atoms with van der Waals surface area (Å²) in [6.45, 7) is 11.4. The number of hydrazone groups is 1. The van der Waals surface area contributed by atoms with Crippen molar-refractivity contribution in [3.63, 3.8) is 0 Å². The molecule has 2 amide bonds. The van der Waals surface area contributed by atoms with Crippen LogP contribution in [0, 0.1) is 0 Å². The van der Waals surface area contributed by atoms with E-state index in [1.807, 2.05) is 20.8 Å². The summed E-state index contributed by atoms with van der Waals surface area (Å²) in [5.41, 5.74) is 1.91. The Bertz CT molecular complexity index is 410. The molecule has 1 aliphatic rings. The third-order valence-electron chi connectivity index (χ3n) is 2.10. The molecule has 1 rings (SSSR count). The summed E-state index contributed by atoms with van der Waals surface area (Å²) < 4.78 is 10.2. The fraction of sp³-hybridized carbons (Fsp3) is 0.769. The summed E-state index contributed by atoms with van der Waals surface area (Å²) in [4.78, 5) is 24.5. The normalized spacial score (nSPS) is 15.3. The van der Waals surface area contributed by atoms with Crippen LogP contribution in [0.4, 0.5) is 9.59 Å². The number of hydrogen-bond acceptors (Lipinski definition) is 5. The van der Waals surface area contributed by atoms with Gasteiger partial charge >= 0.3 is 12.2 Å². The average molecular weight is 285 g/mol. The Morgan fingerprint density at radius 1 is 1.05 bits per heavy atom. The van der Waals surface area contributed by atoms with Crippen molar-refractivity contribution in [3.05, 3.63) is 0 Å². The number of nitrogens with zero attached hydrogens (tertiary/aromatic N) is 2. The third-order valence-corrected chi connectivity index (χ3v) is 2.10. The van der Waals surface area contributed by atoms with Crippen LogP contribution in [0.25, 0.3) is 0 Å². The van der Waals surface area contributed by atoms with E-state index in [0.717, 1.165) is 0 Å². The van der Waals surface area contributed by atoms with Crippen LogP contribution < -0.4 is 5.43 Å². The molecule has 0 aromatic rings. The molecule has 0 spiro atoms. The van der Waals surface area contributed by atoms with Crippen molar-refractivity contribution in [3.8, 4) is 0 Å². The second-order valence-corrected chi connectivity index (χ2v) is 6.63. The fourth-order valence-corrected chi connectivity index (χ4v) is 1.35. The largest absolute Gasteiger partial charge is 0.444 e. The van der Waals surface area contributed by atoms with Crippen LogP contribution in [0.1, 0.15) is 41.5 Å². The number of nitrogens with one attached hydrogen (secondary N) is 1. The zero-order chi connectivity index (χ0) is 15.6. The Morgan fingerprint density at radius 2 is 1.55 bits per heavy atom. The lowest BCUT2D eigenvalue weighted by molar-refractivity contribution is 0.0264. The van der Waals surface area contributed by atoms with Gasteiger partial charge in [0.1, 0.15) is 11.2 Å². The van der Waals surface area contributed by atoms with Gasteiger partial charge in [0.25, 0.3) is 0 Å². The van der Waals surface area contributed by atoms with Crippen molar-refractivity contribution >= 4 is 17.9 Å². The lowest BCUT2D eigenvalue weighted by atomic mass is 10.2. The maximum absolute atomic E-state index is 11.6. The van der Waals surface area contributed by atoms with Gasteiger partial charge in [0.2, 0.25) is 0 Å². The molecule has 20 heavy (non-hydrogen) atoms. The number of amides is 2. The summed E-state index contributed by atoms with van der Waals surface area (Å²) in [6, 6.07) is 0. The quantitative estimate of drug-likeness (QED) is 0.748. The average Bonchev–Trinajstić information content (AvgIpc) is 2.08. The van der Waals surface area contributed by atoms with Gasteiger partial charge in [-0.1, -0.05) is 0 Å². The number of carbonyl (C=O) groups excluding carboxylic acids is 2. The summed E-state index contributed by atoms with van der Waals surface area (Å²) in [5.74, 6) is 0. The monoisotopic (exact) mass is 285 g/mol. The first-order valence-electron chi connectivity index (χ1n) is 6.49. The smallest absolute Gasteiger partial charge is 0.428 e. The summed E-state index contributed by atoms with van der Waals surface area (Å²) in [5, 5.41) is 3.89. The lowest BCUT2D eigenvalue weighted by Gasteiger charge is -2.34. The van der Waals surface area contributed by atoms with E-state index < -0.39 is 17.3 Å². The SMILES string of the molecule is CC(C)(C)OC(=O)NN=C1CN(C(=O)OC(C)(C)C)C1. The van der Waals surface area contributed by atoms with Gasteiger partial charge in [0.05, 0.1) is 18.8 Å². The second kappa shape index (κ2) is 5.68. The van der Waals surface area contributed by atoms with E-state index in [-0.39, 0.29) is 6.09 Å². The first-order valence-corrected chi connectivity index (χ1v) is 6.49. The highest BCUT2D eigenvalue weighted by molar-refractivity contribution is 5.98. The van der Waals surface area contributed by atoms with E-state index in [1.165, 1.54) is 4.90 Å². The van der Waals surface area contributed by atoms with E-state index in [9.17, 15) is 9.59 Å². The molecule has 7 nitrogen and oxygen atoms in total. The Balaban J connectivity index is 2.32. The van der Waals surface area contributed by atoms with Gasteiger partial charge in [-0.05, 0) is 41.5 Å². The minimum atomic E-state index is -0.610. The number of rotatable bonds is 1. The predicted molar refractivity (Wildman–Crippen MR) is 74.6 cm³/mol. The highest BCUT2D eigenvalue weighted by Gasteiger charge is 2.31. The molecule has 7 heteroatoms. The van der Waals surface area contributed by atoms with Crippen LogP contribution in [0.2, 0.25) is 0 Å². The number of likely N-dealkylation sites (tertiary alicyclic amines) is 1. The molecule has 1 aliphatic heterocycles. The van der Waals surface area contributed by atoms with E-state index in [0.29, 0.717) is 18.8 Å². The summed E-state index contributed by atoms with van der Waals surface area (Å²) in [6.07, 6.45) is -0.991. The summed E-state index contributed by atoms with van der Waals surface area (Å²) >= 11 is 0. The van der Waals surface area contributed by atoms with E-state index in [4.69, 9.17) is 9.47 Å². The first-order chi connectivity index (χ1) is 8.96. The van der Waals surface area contributed by atoms with Gasteiger partial charge in [-0.2, -0.15) is 5.10 Å². The van der Waals surface area contributed by atoms with Crippen LogP contribution in [0.15, 0.2) is 5.10 Å². The molecule has 0 atom stereocenters. The molecule has 1 N–H and O–H groups in total. The summed E-state index contributed by atoms with van der Waals surface area (Å²) in [7, 11) is 0. The van der Waals surface area contributed by atoms with Crippen LogP contribution in [-0.2, 0) is 9.47 Å². The minimum Gasteiger partial charge on any atom is -0.444 e. The van der Waals surface area contributed by atoms with Gasteiger partial charge in [0.15, 0.2) is 0 Å². The predicted octanol–water partition coefficient (Wildman–Crippen LogP) is 2.12. The lowest BCUT2D eigenvalue weighted by Crippen LogP contribution is -2.53. The van der Waals surface area contributed by atoms with Gasteiger partial charge in [0, 0.05) is 0 Å². The van der Waals surface area contributed by atoms with E-state index >= 15 is 0 Å². The molecule has 0 bridgehead atoms. The van der Waals surface area contributed by atoms with Crippen molar-refractivity contribution in [1.82, 2.24) is 10.3 Å². The molecule has 0 aliphatic carbocycles. The molecule has 0 radical (unpaired) electrons. The topological polar surface area (TPSA) is 80.2 Å². The molecule has 0 aromatic carbocycles. The van der Waals surface area contributed by atoms with Crippen molar-refractivity contribution < 1.29 is 19.1 Å². The van der Waals surface area contributed by atoms with Crippen LogP contribution >= 0.6 is 0 Å². The molecular weight excluding hydrogens is 262 g/mol. The van der Waals surface area contributed by atoms with Gasteiger partial charge < -0.3 is 9.47 Å². The highest BCUT2D eigenvalue weighted by atomic mass is 16.6. The molecule has 0 aromatic heterocycles. The molecular formula is C13H23N3O4. The molecule has 114 valence electrons. The molecule has 1 heterocycles. The molecule has 1 saturated heterocycles. The Morgan fingerprint density at radius 3 is 2.00 bits per heavy atom. The molecule has 0 unspecified atom stereocenters. The second-order valence-electron chi connectivity index (χ2n) is 6.63. The van der Waals surface area contributed by atoms with Gasteiger partial charge in [-0.15, -0.1) is 0 Å². The van der Waals surface area contributed by atoms with E-state index in [1.54, 1.807) is 20.8 Å². The standard InChI is InChI=1S/C13H23N3O4/c1-12(2,3)19-10(17)15-14-9-7-16(8-9)11(18)20-13(4,5)6/h7-8H2,1-6H3,(H,15,17). The first kappa shape index (κ1) is 16.3. The van der Waals surface area contributed by atoms with E-state index in [2.05, 4.69) is 10.5 Å². The zero-order valence-electron chi connectivity index (χ0n) is 12.9. The van der Waals surface area contributed by atoms with Crippen LogP contribution in [-0.4, -0.2) is 47.1 Å². The van der Waals surface area contributed by atoms with Crippen LogP contribution in [0.3, 0.4) is 0 Å². The van der Waals surface area contributed by atoms with Crippen molar-refractivity contribution in [2.75, 3.05) is 13.1 Å². The number of carbonyl (C=O) groups is 2. The Labute approximate surface area is 119 Å². The minimum absolute atomic E-state index is 0.352. The fourth-order valence-electron chi connectivity index (χ4n) is 1.35. The van der Waals surface area contributed by atoms with Gasteiger partial charge in [-0.25, -0.2) is 15.0 Å². The van der Waals surface area contributed by atoms with Crippen LogP contribution in [0.5, 0.6) is 0 Å².